The number of hydrogen-bond donors (Lipinski definition) is 1. The first kappa shape index (κ1) is 20.5. The van der Waals surface area contributed by atoms with Gasteiger partial charge in [0.05, 0.1) is 19.8 Å². The van der Waals surface area contributed by atoms with E-state index in [1.807, 2.05) is 26.8 Å². The molecule has 0 unspecified atom stereocenters. The number of rotatable bonds is 10. The molecular formula is C20H32N2O4. The van der Waals surface area contributed by atoms with Crippen molar-refractivity contribution in [3.05, 3.63) is 23.8 Å². The summed E-state index contributed by atoms with van der Waals surface area (Å²) in [5.41, 5.74) is 1.22. The summed E-state index contributed by atoms with van der Waals surface area (Å²) in [7, 11) is 0. The van der Waals surface area contributed by atoms with Crippen LogP contribution in [0.5, 0.6) is 11.5 Å². The molecule has 1 fully saturated rings. The van der Waals surface area contributed by atoms with E-state index in [-0.39, 0.29) is 6.54 Å². The van der Waals surface area contributed by atoms with Gasteiger partial charge in [0, 0.05) is 12.6 Å². The quantitative estimate of drug-likeness (QED) is 0.689. The topological polar surface area (TPSA) is 62.2 Å². The van der Waals surface area contributed by atoms with Gasteiger partial charge in [0.25, 0.3) is 0 Å². The minimum absolute atomic E-state index is 0.137. The van der Waals surface area contributed by atoms with Crippen molar-refractivity contribution in [1.82, 2.24) is 9.80 Å². The molecule has 1 aliphatic heterocycles. The van der Waals surface area contributed by atoms with Crippen LogP contribution in [0.1, 0.15) is 39.2 Å². The van der Waals surface area contributed by atoms with E-state index in [9.17, 15) is 4.79 Å². The van der Waals surface area contributed by atoms with Gasteiger partial charge in [-0.25, -0.2) is 0 Å². The molecule has 6 heteroatoms. The Kier molecular flexibility index (Phi) is 8.19. The van der Waals surface area contributed by atoms with Crippen molar-refractivity contribution in [2.75, 3.05) is 39.4 Å². The van der Waals surface area contributed by atoms with Gasteiger partial charge < -0.3 is 14.6 Å². The normalized spacial score (nSPS) is 16.0. The molecule has 0 radical (unpaired) electrons. The molecule has 0 amide bonds. The zero-order valence-electron chi connectivity index (χ0n) is 16.2. The number of hydrogen-bond acceptors (Lipinski definition) is 5. The van der Waals surface area contributed by atoms with Crippen LogP contribution in [0.2, 0.25) is 0 Å². The van der Waals surface area contributed by atoms with Gasteiger partial charge in [0.2, 0.25) is 0 Å². The smallest absolute Gasteiger partial charge is 0.317 e. The Balaban J connectivity index is 1.92. The zero-order chi connectivity index (χ0) is 18.9. The third-order valence-electron chi connectivity index (χ3n) is 4.83. The van der Waals surface area contributed by atoms with Crippen LogP contribution in [0.4, 0.5) is 0 Å². The molecule has 1 aliphatic rings. The van der Waals surface area contributed by atoms with Gasteiger partial charge in [-0.3, -0.25) is 14.6 Å². The molecule has 0 atom stereocenters. The van der Waals surface area contributed by atoms with Crippen LogP contribution in [-0.2, 0) is 11.3 Å². The van der Waals surface area contributed by atoms with Gasteiger partial charge in [-0.05, 0) is 64.0 Å². The van der Waals surface area contributed by atoms with Gasteiger partial charge in [-0.1, -0.05) is 13.0 Å². The Morgan fingerprint density at radius 3 is 2.38 bits per heavy atom. The average Bonchev–Trinajstić information content (AvgIpc) is 2.63. The largest absolute Gasteiger partial charge is 0.490 e. The number of benzene rings is 1. The molecule has 0 saturated carbocycles. The van der Waals surface area contributed by atoms with Crippen LogP contribution in [0.25, 0.3) is 0 Å². The van der Waals surface area contributed by atoms with Crippen LogP contribution in [-0.4, -0.2) is 66.3 Å². The Morgan fingerprint density at radius 1 is 1.15 bits per heavy atom. The Labute approximate surface area is 156 Å². The highest BCUT2D eigenvalue weighted by Crippen LogP contribution is 2.29. The molecule has 0 aliphatic carbocycles. The van der Waals surface area contributed by atoms with Gasteiger partial charge in [0.15, 0.2) is 11.5 Å². The number of likely N-dealkylation sites (N-methyl/N-ethyl adjacent to an activating group) is 1. The van der Waals surface area contributed by atoms with Crippen LogP contribution < -0.4 is 9.47 Å². The summed E-state index contributed by atoms with van der Waals surface area (Å²) in [4.78, 5) is 15.5. The maximum absolute atomic E-state index is 11.0. The molecule has 1 heterocycles. The summed E-state index contributed by atoms with van der Waals surface area (Å²) in [5, 5.41) is 9.05. The van der Waals surface area contributed by atoms with E-state index >= 15 is 0 Å². The first-order valence-corrected chi connectivity index (χ1v) is 9.64. The number of carboxylic acids is 1. The summed E-state index contributed by atoms with van der Waals surface area (Å²) in [6.45, 7) is 11.0. The number of ether oxygens (including phenoxy) is 2. The molecule has 1 aromatic carbocycles. The molecule has 146 valence electrons. The Hall–Kier alpha value is -1.79. The number of carbonyl (C=O) groups is 1. The highest BCUT2D eigenvalue weighted by molar-refractivity contribution is 5.69. The summed E-state index contributed by atoms with van der Waals surface area (Å²) < 4.78 is 11.3. The lowest BCUT2D eigenvalue weighted by molar-refractivity contribution is -0.139. The van der Waals surface area contributed by atoms with Gasteiger partial charge in [-0.2, -0.15) is 0 Å². The van der Waals surface area contributed by atoms with E-state index in [0.29, 0.717) is 19.3 Å². The first-order chi connectivity index (χ1) is 12.6. The molecule has 6 nitrogen and oxygen atoms in total. The van der Waals surface area contributed by atoms with E-state index in [1.165, 1.54) is 5.56 Å². The predicted octanol–water partition coefficient (Wildman–Crippen LogP) is 2.85. The molecule has 26 heavy (non-hydrogen) atoms. The fourth-order valence-corrected chi connectivity index (χ4v) is 3.57. The molecule has 0 aromatic heterocycles. The van der Waals surface area contributed by atoms with Gasteiger partial charge in [-0.15, -0.1) is 0 Å². The fraction of sp³-hybridized carbons (Fsp3) is 0.650. The summed E-state index contributed by atoms with van der Waals surface area (Å²) in [6, 6.07) is 6.53. The second-order valence-electron chi connectivity index (χ2n) is 6.61. The molecule has 0 spiro atoms. The van der Waals surface area contributed by atoms with Crippen LogP contribution in [0.15, 0.2) is 18.2 Å². The molecule has 0 bridgehead atoms. The molecule has 1 aromatic rings. The van der Waals surface area contributed by atoms with Crippen molar-refractivity contribution < 1.29 is 19.4 Å². The Morgan fingerprint density at radius 2 is 1.81 bits per heavy atom. The standard InChI is InChI=1S/C20H32N2O4/c1-4-22(15-20(23)24)17-9-11-21(12-10-17)14-16-7-8-18(25-5-2)19(13-16)26-6-3/h7-8,13,17H,4-6,9-12,14-15H2,1-3H3,(H,23,24). The van der Waals surface area contributed by atoms with Crippen LogP contribution in [0, 0.1) is 0 Å². The van der Waals surface area contributed by atoms with E-state index in [0.717, 1.165) is 50.5 Å². The van der Waals surface area contributed by atoms with Crippen LogP contribution in [0.3, 0.4) is 0 Å². The summed E-state index contributed by atoms with van der Waals surface area (Å²) >= 11 is 0. The summed E-state index contributed by atoms with van der Waals surface area (Å²) in [6.07, 6.45) is 2.02. The minimum Gasteiger partial charge on any atom is -0.490 e. The Bertz CT molecular complexity index is 571. The maximum atomic E-state index is 11.0. The number of nitrogens with zero attached hydrogens (tertiary/aromatic N) is 2. The van der Waals surface area contributed by atoms with Crippen molar-refractivity contribution in [3.8, 4) is 11.5 Å². The third kappa shape index (κ3) is 5.88. The van der Waals surface area contributed by atoms with Crippen LogP contribution >= 0.6 is 0 Å². The maximum Gasteiger partial charge on any atom is 0.317 e. The highest BCUT2D eigenvalue weighted by atomic mass is 16.5. The fourth-order valence-electron chi connectivity index (χ4n) is 3.57. The SMILES string of the molecule is CCOc1ccc(CN2CCC(N(CC)CC(=O)O)CC2)cc1OCC. The lowest BCUT2D eigenvalue weighted by Crippen LogP contribution is -2.46. The van der Waals surface area contributed by atoms with Gasteiger partial charge in [0.1, 0.15) is 0 Å². The molecular weight excluding hydrogens is 332 g/mol. The predicted molar refractivity (Wildman–Crippen MR) is 102 cm³/mol. The number of piperidine rings is 1. The second-order valence-corrected chi connectivity index (χ2v) is 6.61. The first-order valence-electron chi connectivity index (χ1n) is 9.64. The number of carboxylic acid groups (broad SMARTS) is 1. The van der Waals surface area contributed by atoms with Crippen molar-refractivity contribution >= 4 is 5.97 Å². The van der Waals surface area contributed by atoms with Crippen molar-refractivity contribution in [2.45, 2.75) is 46.2 Å². The van der Waals surface area contributed by atoms with Crippen molar-refractivity contribution in [2.24, 2.45) is 0 Å². The summed E-state index contributed by atoms with van der Waals surface area (Å²) in [5.74, 6) is 0.858. The third-order valence-corrected chi connectivity index (χ3v) is 4.83. The minimum atomic E-state index is -0.743. The highest BCUT2D eigenvalue weighted by Gasteiger charge is 2.25. The monoisotopic (exact) mass is 364 g/mol. The zero-order valence-corrected chi connectivity index (χ0v) is 16.2. The van der Waals surface area contributed by atoms with E-state index in [4.69, 9.17) is 14.6 Å². The molecule has 1 N–H and O–H groups in total. The molecule has 2 rings (SSSR count). The van der Waals surface area contributed by atoms with E-state index < -0.39 is 5.97 Å². The second kappa shape index (κ2) is 10.4. The number of likely N-dealkylation sites (tertiary alicyclic amines) is 1. The van der Waals surface area contributed by atoms with E-state index in [2.05, 4.69) is 21.9 Å². The van der Waals surface area contributed by atoms with E-state index in [1.54, 1.807) is 0 Å². The lowest BCUT2D eigenvalue weighted by atomic mass is 10.0. The molecule has 1 saturated heterocycles. The van der Waals surface area contributed by atoms with Crippen molar-refractivity contribution in [3.63, 3.8) is 0 Å². The average molecular weight is 364 g/mol. The van der Waals surface area contributed by atoms with Crippen molar-refractivity contribution in [1.29, 1.82) is 0 Å². The lowest BCUT2D eigenvalue weighted by Gasteiger charge is -2.37. The van der Waals surface area contributed by atoms with Gasteiger partial charge >= 0.3 is 5.97 Å². The number of aliphatic carboxylic acids is 1.